The Bertz CT molecular complexity index is 756. The van der Waals surface area contributed by atoms with Gasteiger partial charge in [0.2, 0.25) is 5.91 Å². The second-order valence-electron chi connectivity index (χ2n) is 6.84. The molecule has 2 aromatic rings. The summed E-state index contributed by atoms with van der Waals surface area (Å²) in [6.07, 6.45) is 6.22. The van der Waals surface area contributed by atoms with Crippen molar-refractivity contribution in [2.75, 3.05) is 13.7 Å². The van der Waals surface area contributed by atoms with Gasteiger partial charge in [-0.2, -0.15) is 0 Å². The number of benzene rings is 1. The maximum atomic E-state index is 12.3. The van der Waals surface area contributed by atoms with Gasteiger partial charge in [0.25, 0.3) is 0 Å². The number of nitrogens with one attached hydrogen (secondary N) is 2. The average Bonchev–Trinajstić information content (AvgIpc) is 3.19. The molecule has 0 aliphatic carbocycles. The Morgan fingerprint density at radius 1 is 1.24 bits per heavy atom. The van der Waals surface area contributed by atoms with Gasteiger partial charge in [0.05, 0.1) is 13.2 Å². The van der Waals surface area contributed by atoms with E-state index < -0.39 is 0 Å². The van der Waals surface area contributed by atoms with E-state index in [1.165, 1.54) is 0 Å². The summed E-state index contributed by atoms with van der Waals surface area (Å²) >= 11 is 0. The highest BCUT2D eigenvalue weighted by Gasteiger charge is 2.19. The molecule has 2 unspecified atom stereocenters. The van der Waals surface area contributed by atoms with E-state index in [1.807, 2.05) is 37.3 Å². The van der Waals surface area contributed by atoms with Crippen molar-refractivity contribution in [3.63, 3.8) is 0 Å². The van der Waals surface area contributed by atoms with Crippen LogP contribution in [0.1, 0.15) is 43.4 Å². The summed E-state index contributed by atoms with van der Waals surface area (Å²) in [4.78, 5) is 16.3. The predicted molar refractivity (Wildman–Crippen MR) is 118 cm³/mol. The molecular formula is C21H29Cl2N3O3. The molecule has 1 saturated heterocycles. The molecule has 0 spiro atoms. The van der Waals surface area contributed by atoms with Crippen LogP contribution in [0.25, 0.3) is 0 Å². The van der Waals surface area contributed by atoms with Crippen molar-refractivity contribution in [1.29, 1.82) is 0 Å². The number of aromatic nitrogens is 1. The molecule has 2 heterocycles. The van der Waals surface area contributed by atoms with Crippen LogP contribution in [0, 0.1) is 0 Å². The number of ether oxygens (including phenoxy) is 2. The molecule has 6 nitrogen and oxygen atoms in total. The minimum absolute atomic E-state index is 0. The maximum absolute atomic E-state index is 12.3. The molecule has 8 heteroatoms. The van der Waals surface area contributed by atoms with Gasteiger partial charge in [-0.1, -0.05) is 6.07 Å². The van der Waals surface area contributed by atoms with E-state index in [-0.39, 0.29) is 36.8 Å². The van der Waals surface area contributed by atoms with E-state index >= 15 is 0 Å². The summed E-state index contributed by atoms with van der Waals surface area (Å²) in [6, 6.07) is 9.80. The third kappa shape index (κ3) is 7.38. The second-order valence-corrected chi connectivity index (χ2v) is 6.84. The number of carbonyl (C=O) groups is 1. The fourth-order valence-corrected chi connectivity index (χ4v) is 3.25. The molecule has 1 aliphatic rings. The lowest BCUT2D eigenvalue weighted by Crippen LogP contribution is -2.33. The second kappa shape index (κ2) is 12.5. The first-order valence-corrected chi connectivity index (χ1v) is 9.38. The molecule has 160 valence electrons. The molecule has 1 aromatic heterocycles. The van der Waals surface area contributed by atoms with E-state index in [2.05, 4.69) is 15.6 Å². The van der Waals surface area contributed by atoms with Crippen molar-refractivity contribution in [1.82, 2.24) is 15.6 Å². The molecule has 2 atom stereocenters. The zero-order valence-corrected chi connectivity index (χ0v) is 18.4. The van der Waals surface area contributed by atoms with Crippen LogP contribution >= 0.6 is 24.8 Å². The van der Waals surface area contributed by atoms with Crippen LogP contribution < -0.4 is 20.1 Å². The lowest BCUT2D eigenvalue weighted by molar-refractivity contribution is -0.122. The molecule has 0 radical (unpaired) electrons. The number of methoxy groups -OCH3 is 1. The maximum Gasteiger partial charge on any atom is 0.222 e. The Hall–Kier alpha value is -2.02. The summed E-state index contributed by atoms with van der Waals surface area (Å²) in [5, 5.41) is 6.42. The summed E-state index contributed by atoms with van der Waals surface area (Å²) in [5.74, 6) is 1.39. The quantitative estimate of drug-likeness (QED) is 0.650. The van der Waals surface area contributed by atoms with Crippen molar-refractivity contribution in [2.45, 2.75) is 44.9 Å². The molecular weight excluding hydrogens is 413 g/mol. The minimum Gasteiger partial charge on any atom is -0.493 e. The smallest absolute Gasteiger partial charge is 0.222 e. The lowest BCUT2D eigenvalue weighted by atomic mass is 10.1. The highest BCUT2D eigenvalue weighted by Crippen LogP contribution is 2.31. The molecule has 0 bridgehead atoms. The van der Waals surface area contributed by atoms with Crippen molar-refractivity contribution >= 4 is 30.7 Å². The largest absolute Gasteiger partial charge is 0.493 e. The first-order valence-electron chi connectivity index (χ1n) is 9.38. The minimum atomic E-state index is -0.0953. The number of hydrogen-bond donors (Lipinski definition) is 2. The van der Waals surface area contributed by atoms with Gasteiger partial charge in [-0.3, -0.25) is 9.78 Å². The number of halogens is 2. The monoisotopic (exact) mass is 441 g/mol. The van der Waals surface area contributed by atoms with Gasteiger partial charge in [-0.25, -0.2) is 0 Å². The van der Waals surface area contributed by atoms with Gasteiger partial charge in [-0.05, 0) is 61.7 Å². The van der Waals surface area contributed by atoms with Gasteiger partial charge in [0, 0.05) is 24.9 Å². The number of nitrogens with zero attached hydrogens (tertiary/aromatic N) is 1. The molecule has 1 aliphatic heterocycles. The lowest BCUT2D eigenvalue weighted by Gasteiger charge is -2.18. The predicted octanol–water partition coefficient (Wildman–Crippen LogP) is 3.83. The number of amides is 1. The molecule has 0 saturated carbocycles. The number of carbonyl (C=O) groups excluding carboxylic acids is 1. The van der Waals surface area contributed by atoms with E-state index in [9.17, 15) is 4.79 Å². The van der Waals surface area contributed by atoms with Crippen LogP contribution in [0.3, 0.4) is 0 Å². The van der Waals surface area contributed by atoms with E-state index in [4.69, 9.17) is 9.47 Å². The average molecular weight is 442 g/mol. The normalized spacial score (nSPS) is 16.1. The van der Waals surface area contributed by atoms with Gasteiger partial charge in [0.15, 0.2) is 11.5 Å². The van der Waals surface area contributed by atoms with Crippen molar-refractivity contribution < 1.29 is 14.3 Å². The van der Waals surface area contributed by atoms with Gasteiger partial charge >= 0.3 is 0 Å². The van der Waals surface area contributed by atoms with Crippen LogP contribution in [0.5, 0.6) is 11.5 Å². The Morgan fingerprint density at radius 2 is 2.00 bits per heavy atom. The highest BCUT2D eigenvalue weighted by atomic mass is 35.5. The van der Waals surface area contributed by atoms with E-state index in [0.717, 1.165) is 30.5 Å². The Labute approximate surface area is 184 Å². The molecule has 3 rings (SSSR count). The van der Waals surface area contributed by atoms with Crippen molar-refractivity contribution in [2.24, 2.45) is 0 Å². The van der Waals surface area contributed by atoms with Crippen LogP contribution in [0.2, 0.25) is 0 Å². The number of rotatable bonds is 8. The first kappa shape index (κ1) is 25.0. The topological polar surface area (TPSA) is 72.5 Å². The Balaban J connectivity index is 0.00000210. The summed E-state index contributed by atoms with van der Waals surface area (Å²) in [7, 11) is 1.62. The molecule has 1 fully saturated rings. The molecule has 1 aromatic carbocycles. The van der Waals surface area contributed by atoms with Crippen LogP contribution in [-0.2, 0) is 11.4 Å². The van der Waals surface area contributed by atoms with Crippen LogP contribution in [-0.4, -0.2) is 30.6 Å². The highest BCUT2D eigenvalue weighted by molar-refractivity contribution is 5.85. The van der Waals surface area contributed by atoms with Crippen LogP contribution in [0.15, 0.2) is 42.7 Å². The Morgan fingerprint density at radius 3 is 2.66 bits per heavy atom. The van der Waals surface area contributed by atoms with Gasteiger partial charge in [0.1, 0.15) is 6.61 Å². The SMILES string of the molecule is COc1cc(C(C)NC(=O)CC2CCCN2)ccc1OCc1ccncc1.Cl.Cl. The zero-order chi connectivity index (χ0) is 19.1. The number of pyridine rings is 1. The summed E-state index contributed by atoms with van der Waals surface area (Å²) in [5.41, 5.74) is 2.02. The van der Waals surface area contributed by atoms with Crippen molar-refractivity contribution in [3.05, 3.63) is 53.9 Å². The van der Waals surface area contributed by atoms with Crippen LogP contribution in [0.4, 0.5) is 0 Å². The fraction of sp³-hybridized carbons (Fsp3) is 0.429. The van der Waals surface area contributed by atoms with E-state index in [0.29, 0.717) is 30.6 Å². The van der Waals surface area contributed by atoms with Gasteiger partial charge in [-0.15, -0.1) is 24.8 Å². The first-order chi connectivity index (χ1) is 13.2. The zero-order valence-electron chi connectivity index (χ0n) is 16.7. The summed E-state index contributed by atoms with van der Waals surface area (Å²) in [6.45, 7) is 3.43. The van der Waals surface area contributed by atoms with Crippen molar-refractivity contribution in [3.8, 4) is 11.5 Å². The molecule has 2 N–H and O–H groups in total. The Kier molecular flexibility index (Phi) is 10.8. The molecule has 1 amide bonds. The third-order valence-electron chi connectivity index (χ3n) is 4.80. The summed E-state index contributed by atoms with van der Waals surface area (Å²) < 4.78 is 11.3. The standard InChI is InChI=1S/C21H27N3O3.2ClH/c1-15(24-21(25)13-18-4-3-9-23-18)17-5-6-19(20(12-17)26-2)27-14-16-7-10-22-11-8-16;;/h5-8,10-12,15,18,23H,3-4,9,13-14H2,1-2H3,(H,24,25);2*1H. The van der Waals surface area contributed by atoms with E-state index in [1.54, 1.807) is 19.5 Å². The van der Waals surface area contributed by atoms with Gasteiger partial charge < -0.3 is 20.1 Å². The number of hydrogen-bond acceptors (Lipinski definition) is 5. The fourth-order valence-electron chi connectivity index (χ4n) is 3.25. The molecule has 29 heavy (non-hydrogen) atoms. The third-order valence-corrected chi connectivity index (χ3v) is 4.80.